The molecule has 0 amide bonds. The van der Waals surface area contributed by atoms with E-state index in [9.17, 15) is 10.2 Å². The predicted octanol–water partition coefficient (Wildman–Crippen LogP) is 0.877. The number of aliphatic hydroxyl groups is 2. The molecule has 1 heterocycles. The summed E-state index contributed by atoms with van der Waals surface area (Å²) in [5, 5.41) is 22.6. The molecule has 0 spiro atoms. The van der Waals surface area contributed by atoms with Gasteiger partial charge in [0.2, 0.25) is 5.91 Å². The molecular weight excluding hydrogens is 204 g/mol. The minimum Gasteiger partial charge on any atom is -0.361 e. The molecule has 4 N–H and O–H groups in total. The molecule has 1 aromatic carbocycles. The molecule has 0 bridgehead atoms. The van der Waals surface area contributed by atoms with Crippen LogP contribution in [0.4, 0.5) is 0 Å². The molecule has 0 atom stereocenters. The highest BCUT2D eigenvalue weighted by molar-refractivity contribution is 5.83. The topological polar surface area (TPSA) is 68.3 Å². The Morgan fingerprint density at radius 1 is 1.38 bits per heavy atom. The summed E-state index contributed by atoms with van der Waals surface area (Å²) in [5.74, 6) is -1.86. The zero-order chi connectivity index (χ0) is 11.8. The number of aromatic amines is 1. The van der Waals surface area contributed by atoms with Crippen LogP contribution in [0, 0.1) is 6.92 Å². The van der Waals surface area contributed by atoms with Gasteiger partial charge < -0.3 is 15.2 Å². The van der Waals surface area contributed by atoms with Crippen molar-refractivity contribution in [3.05, 3.63) is 35.5 Å². The van der Waals surface area contributed by atoms with Crippen molar-refractivity contribution in [2.24, 2.45) is 0 Å². The number of H-pyrrole nitrogens is 1. The Balaban J connectivity index is 2.41. The number of hydrogen-bond donors (Lipinski definition) is 4. The number of fused-ring (bicyclic) bond motifs is 1. The van der Waals surface area contributed by atoms with Crippen LogP contribution in [0.1, 0.15) is 11.1 Å². The van der Waals surface area contributed by atoms with Crippen molar-refractivity contribution in [1.82, 2.24) is 10.3 Å². The van der Waals surface area contributed by atoms with Crippen molar-refractivity contribution in [3.8, 4) is 0 Å². The maximum Gasteiger partial charge on any atom is 0.226 e. The van der Waals surface area contributed by atoms with Crippen molar-refractivity contribution in [3.63, 3.8) is 0 Å². The third-order valence-electron chi connectivity index (χ3n) is 2.76. The lowest BCUT2D eigenvalue weighted by Crippen LogP contribution is -2.44. The van der Waals surface area contributed by atoms with E-state index in [2.05, 4.69) is 10.3 Å². The van der Waals surface area contributed by atoms with Crippen LogP contribution in [0.25, 0.3) is 10.9 Å². The monoisotopic (exact) mass is 220 g/mol. The van der Waals surface area contributed by atoms with Gasteiger partial charge >= 0.3 is 0 Å². The molecule has 0 saturated carbocycles. The van der Waals surface area contributed by atoms with Crippen LogP contribution >= 0.6 is 0 Å². The molecule has 4 heteroatoms. The van der Waals surface area contributed by atoms with E-state index >= 15 is 0 Å². The molecule has 4 nitrogen and oxygen atoms in total. The molecule has 2 rings (SSSR count). The third-order valence-corrected chi connectivity index (χ3v) is 2.76. The average Bonchev–Trinajstić information content (AvgIpc) is 2.61. The highest BCUT2D eigenvalue weighted by Crippen LogP contribution is 2.22. The molecule has 0 unspecified atom stereocenters. The second-order valence-corrected chi connectivity index (χ2v) is 4.11. The first-order chi connectivity index (χ1) is 7.52. The van der Waals surface area contributed by atoms with Crippen LogP contribution in [0.15, 0.2) is 24.4 Å². The number of nitrogens with one attached hydrogen (secondary N) is 2. The number of likely N-dealkylation sites (N-methyl/N-ethyl adjacent to an activating group) is 1. The van der Waals surface area contributed by atoms with Crippen LogP contribution in [-0.4, -0.2) is 28.2 Å². The SMILES string of the molecule is CNC(O)(O)Cc1c[nH]c2ccc(C)cc12. The van der Waals surface area contributed by atoms with E-state index in [1.807, 2.05) is 31.3 Å². The zero-order valence-corrected chi connectivity index (χ0v) is 9.41. The molecule has 86 valence electrons. The smallest absolute Gasteiger partial charge is 0.226 e. The van der Waals surface area contributed by atoms with Crippen LogP contribution in [0.2, 0.25) is 0 Å². The van der Waals surface area contributed by atoms with Gasteiger partial charge in [-0.05, 0) is 31.7 Å². The molecule has 0 aliphatic heterocycles. The molecule has 0 aliphatic rings. The summed E-state index contributed by atoms with van der Waals surface area (Å²) in [6.45, 7) is 2.01. The van der Waals surface area contributed by atoms with Crippen LogP contribution in [0.5, 0.6) is 0 Å². The van der Waals surface area contributed by atoms with Crippen molar-refractivity contribution >= 4 is 10.9 Å². The Morgan fingerprint density at radius 2 is 2.12 bits per heavy atom. The summed E-state index contributed by atoms with van der Waals surface area (Å²) >= 11 is 0. The minimum atomic E-state index is -1.86. The van der Waals surface area contributed by atoms with Crippen molar-refractivity contribution in [2.75, 3.05) is 7.05 Å². The van der Waals surface area contributed by atoms with Gasteiger partial charge in [-0.15, -0.1) is 0 Å². The van der Waals surface area contributed by atoms with Gasteiger partial charge in [-0.1, -0.05) is 11.6 Å². The summed E-state index contributed by atoms with van der Waals surface area (Å²) in [6.07, 6.45) is 1.95. The summed E-state index contributed by atoms with van der Waals surface area (Å²) in [4.78, 5) is 3.11. The van der Waals surface area contributed by atoms with Crippen LogP contribution in [-0.2, 0) is 6.42 Å². The lowest BCUT2D eigenvalue weighted by molar-refractivity contribution is -0.179. The second kappa shape index (κ2) is 3.90. The quantitative estimate of drug-likeness (QED) is 0.580. The standard InChI is InChI=1S/C12H16N2O2/c1-8-3-4-11-10(5-8)9(7-14-11)6-12(15,16)13-2/h3-5,7,13-16H,6H2,1-2H3. The summed E-state index contributed by atoms with van der Waals surface area (Å²) < 4.78 is 0. The number of aromatic nitrogens is 1. The Bertz CT molecular complexity index is 503. The van der Waals surface area contributed by atoms with E-state index in [4.69, 9.17) is 0 Å². The Kier molecular flexibility index (Phi) is 2.71. The minimum absolute atomic E-state index is 0.146. The summed E-state index contributed by atoms with van der Waals surface area (Å²) in [5.41, 5.74) is 3.05. The Hall–Kier alpha value is -1.36. The third kappa shape index (κ3) is 2.09. The van der Waals surface area contributed by atoms with Crippen molar-refractivity contribution in [1.29, 1.82) is 0 Å². The lowest BCUT2D eigenvalue weighted by Gasteiger charge is -2.19. The highest BCUT2D eigenvalue weighted by Gasteiger charge is 2.22. The van der Waals surface area contributed by atoms with Gasteiger partial charge in [-0.3, -0.25) is 5.32 Å². The van der Waals surface area contributed by atoms with E-state index in [1.165, 1.54) is 7.05 Å². The molecule has 2 aromatic rings. The largest absolute Gasteiger partial charge is 0.361 e. The van der Waals surface area contributed by atoms with E-state index in [0.717, 1.165) is 22.0 Å². The Morgan fingerprint density at radius 3 is 2.81 bits per heavy atom. The normalized spacial score (nSPS) is 12.2. The molecule has 1 aromatic heterocycles. The number of aryl methyl sites for hydroxylation is 1. The van der Waals surface area contributed by atoms with Gasteiger partial charge in [-0.25, -0.2) is 0 Å². The molecule has 16 heavy (non-hydrogen) atoms. The average molecular weight is 220 g/mol. The number of benzene rings is 1. The maximum absolute atomic E-state index is 9.55. The van der Waals surface area contributed by atoms with E-state index in [1.54, 1.807) is 0 Å². The fourth-order valence-electron chi connectivity index (χ4n) is 1.79. The zero-order valence-electron chi connectivity index (χ0n) is 9.41. The van der Waals surface area contributed by atoms with Crippen LogP contribution in [0.3, 0.4) is 0 Å². The first-order valence-corrected chi connectivity index (χ1v) is 5.22. The predicted molar refractivity (Wildman–Crippen MR) is 63.0 cm³/mol. The van der Waals surface area contributed by atoms with Crippen molar-refractivity contribution < 1.29 is 10.2 Å². The van der Waals surface area contributed by atoms with Gasteiger partial charge in [0.15, 0.2) is 0 Å². The van der Waals surface area contributed by atoms with Gasteiger partial charge in [0.05, 0.1) is 0 Å². The summed E-state index contributed by atoms with van der Waals surface area (Å²) in [7, 11) is 1.51. The van der Waals surface area contributed by atoms with Gasteiger partial charge in [0, 0.05) is 23.5 Å². The number of hydrogen-bond acceptors (Lipinski definition) is 3. The molecule has 0 fully saturated rings. The van der Waals surface area contributed by atoms with Gasteiger partial charge in [0.1, 0.15) is 0 Å². The van der Waals surface area contributed by atoms with Crippen LogP contribution < -0.4 is 5.32 Å². The number of rotatable bonds is 3. The first-order valence-electron chi connectivity index (χ1n) is 5.22. The summed E-state index contributed by atoms with van der Waals surface area (Å²) in [6, 6.07) is 6.04. The van der Waals surface area contributed by atoms with E-state index in [0.29, 0.717) is 0 Å². The molecule has 0 aliphatic carbocycles. The fraction of sp³-hybridized carbons (Fsp3) is 0.333. The molecule has 0 radical (unpaired) electrons. The highest BCUT2D eigenvalue weighted by atomic mass is 16.5. The Labute approximate surface area is 93.9 Å². The second-order valence-electron chi connectivity index (χ2n) is 4.11. The van der Waals surface area contributed by atoms with Gasteiger partial charge in [-0.2, -0.15) is 0 Å². The maximum atomic E-state index is 9.55. The fourth-order valence-corrected chi connectivity index (χ4v) is 1.79. The molecule has 0 saturated heterocycles. The lowest BCUT2D eigenvalue weighted by atomic mass is 10.1. The van der Waals surface area contributed by atoms with Crippen molar-refractivity contribution in [2.45, 2.75) is 19.3 Å². The van der Waals surface area contributed by atoms with E-state index in [-0.39, 0.29) is 6.42 Å². The van der Waals surface area contributed by atoms with Gasteiger partial charge in [0.25, 0.3) is 0 Å². The first kappa shape index (κ1) is 11.1. The van der Waals surface area contributed by atoms with E-state index < -0.39 is 5.91 Å². The molecular formula is C12H16N2O2.